The van der Waals surface area contributed by atoms with E-state index in [1.54, 1.807) is 46.1 Å². The normalized spacial score (nSPS) is 17.3. The molecule has 0 bridgehead atoms. The van der Waals surface area contributed by atoms with Crippen LogP contribution in [0.2, 0.25) is 10.0 Å². The van der Waals surface area contributed by atoms with E-state index >= 15 is 0 Å². The molecule has 5 rings (SSSR count). The fraction of sp³-hybridized carbons (Fsp3) is 0.261. The van der Waals surface area contributed by atoms with Crippen molar-refractivity contribution >= 4 is 46.5 Å². The third-order valence-electron chi connectivity index (χ3n) is 5.65. The highest BCUT2D eigenvalue weighted by Crippen LogP contribution is 2.36. The summed E-state index contributed by atoms with van der Waals surface area (Å²) in [7, 11) is 0. The minimum Gasteiger partial charge on any atom is -0.486 e. The zero-order valence-electron chi connectivity index (χ0n) is 17.5. The Kier molecular flexibility index (Phi) is 5.86. The van der Waals surface area contributed by atoms with Crippen LogP contribution in [-0.2, 0) is 16.1 Å². The first-order valence-electron chi connectivity index (χ1n) is 10.4. The molecule has 8 nitrogen and oxygen atoms in total. The lowest BCUT2D eigenvalue weighted by atomic mass is 10.1. The third-order valence-corrected chi connectivity index (χ3v) is 6.51. The maximum atomic E-state index is 13.0. The van der Waals surface area contributed by atoms with Gasteiger partial charge in [0.2, 0.25) is 11.8 Å². The lowest BCUT2D eigenvalue weighted by Gasteiger charge is -2.22. The molecule has 0 saturated carbocycles. The first-order chi connectivity index (χ1) is 16.0. The zero-order valence-corrected chi connectivity index (χ0v) is 19.0. The van der Waals surface area contributed by atoms with Gasteiger partial charge in [0.15, 0.2) is 11.5 Å². The predicted molar refractivity (Wildman–Crippen MR) is 124 cm³/mol. The Morgan fingerprint density at radius 1 is 1.12 bits per heavy atom. The molecule has 2 aliphatic heterocycles. The van der Waals surface area contributed by atoms with Gasteiger partial charge in [-0.25, -0.2) is 4.68 Å². The summed E-state index contributed by atoms with van der Waals surface area (Å²) in [6.45, 7) is 1.58. The van der Waals surface area contributed by atoms with Crippen LogP contribution in [0.15, 0.2) is 48.7 Å². The molecule has 2 amide bonds. The number of fused-ring (bicyclic) bond motifs is 1. The van der Waals surface area contributed by atoms with E-state index in [-0.39, 0.29) is 24.8 Å². The van der Waals surface area contributed by atoms with E-state index in [0.717, 1.165) is 5.56 Å². The number of aromatic nitrogens is 2. The summed E-state index contributed by atoms with van der Waals surface area (Å²) in [5.41, 5.74) is 1.46. The monoisotopic (exact) mass is 486 g/mol. The smallest absolute Gasteiger partial charge is 0.230 e. The summed E-state index contributed by atoms with van der Waals surface area (Å²) in [6.07, 6.45) is 1.71. The van der Waals surface area contributed by atoms with Crippen molar-refractivity contribution in [1.82, 2.24) is 9.78 Å². The Hall–Kier alpha value is -3.23. The van der Waals surface area contributed by atoms with Crippen molar-refractivity contribution in [1.29, 1.82) is 0 Å². The van der Waals surface area contributed by atoms with Gasteiger partial charge in [-0.1, -0.05) is 35.3 Å². The lowest BCUT2D eigenvalue weighted by Crippen LogP contribution is -2.29. The summed E-state index contributed by atoms with van der Waals surface area (Å²) in [4.78, 5) is 27.2. The highest BCUT2D eigenvalue weighted by molar-refractivity contribution is 6.42. The SMILES string of the molecule is O=C(Nc1ccnn1Cc1cccc(Cl)c1Cl)C1CC(=O)N(c2ccc3c(c2)OCCO3)C1. The van der Waals surface area contributed by atoms with Crippen LogP contribution < -0.4 is 19.7 Å². The molecule has 1 saturated heterocycles. The van der Waals surface area contributed by atoms with Crippen molar-refractivity contribution in [3.05, 3.63) is 64.3 Å². The molecule has 0 radical (unpaired) electrons. The van der Waals surface area contributed by atoms with E-state index < -0.39 is 5.92 Å². The number of benzene rings is 2. The molecule has 1 unspecified atom stereocenters. The highest BCUT2D eigenvalue weighted by Gasteiger charge is 2.36. The topological polar surface area (TPSA) is 85.7 Å². The third kappa shape index (κ3) is 4.36. The Bertz CT molecular complexity index is 1230. The fourth-order valence-corrected chi connectivity index (χ4v) is 4.34. The molecule has 1 aromatic heterocycles. The second-order valence-electron chi connectivity index (χ2n) is 7.81. The van der Waals surface area contributed by atoms with Crippen molar-refractivity contribution in [2.24, 2.45) is 5.92 Å². The van der Waals surface area contributed by atoms with Crippen molar-refractivity contribution in [3.63, 3.8) is 0 Å². The summed E-state index contributed by atoms with van der Waals surface area (Å²) in [6, 6.07) is 12.4. The summed E-state index contributed by atoms with van der Waals surface area (Å²) >= 11 is 12.4. The van der Waals surface area contributed by atoms with E-state index in [0.29, 0.717) is 52.8 Å². The molecular formula is C23H20Cl2N4O4. The quantitative estimate of drug-likeness (QED) is 0.588. The number of nitrogens with one attached hydrogen (secondary N) is 1. The molecule has 170 valence electrons. The van der Waals surface area contributed by atoms with Crippen LogP contribution in [0.5, 0.6) is 11.5 Å². The van der Waals surface area contributed by atoms with Gasteiger partial charge in [0, 0.05) is 30.8 Å². The van der Waals surface area contributed by atoms with E-state index in [1.165, 1.54) is 0 Å². The maximum absolute atomic E-state index is 13.0. The van der Waals surface area contributed by atoms with Gasteiger partial charge in [-0.2, -0.15) is 5.10 Å². The molecule has 1 atom stereocenters. The van der Waals surface area contributed by atoms with Crippen molar-refractivity contribution in [2.45, 2.75) is 13.0 Å². The van der Waals surface area contributed by atoms with E-state index in [4.69, 9.17) is 32.7 Å². The Balaban J connectivity index is 1.27. The average molecular weight is 487 g/mol. The van der Waals surface area contributed by atoms with Gasteiger partial charge in [0.1, 0.15) is 19.0 Å². The molecule has 2 aromatic carbocycles. The minimum atomic E-state index is -0.496. The van der Waals surface area contributed by atoms with Gasteiger partial charge < -0.3 is 19.7 Å². The van der Waals surface area contributed by atoms with Crippen LogP contribution in [0.3, 0.4) is 0 Å². The van der Waals surface area contributed by atoms with E-state index in [1.807, 2.05) is 12.1 Å². The number of ether oxygens (including phenoxy) is 2. The summed E-state index contributed by atoms with van der Waals surface area (Å²) in [5.74, 6) is 0.903. The van der Waals surface area contributed by atoms with Gasteiger partial charge in [0.25, 0.3) is 0 Å². The number of hydrogen-bond donors (Lipinski definition) is 1. The van der Waals surface area contributed by atoms with Crippen LogP contribution in [-0.4, -0.2) is 41.4 Å². The van der Waals surface area contributed by atoms with Crippen LogP contribution in [0.25, 0.3) is 0 Å². The zero-order chi connectivity index (χ0) is 22.9. The molecule has 1 N–H and O–H groups in total. The number of anilines is 2. The molecular weight excluding hydrogens is 467 g/mol. The van der Waals surface area contributed by atoms with Gasteiger partial charge in [-0.05, 0) is 23.8 Å². The number of nitrogens with zero attached hydrogens (tertiary/aromatic N) is 3. The van der Waals surface area contributed by atoms with Gasteiger partial charge in [-0.15, -0.1) is 0 Å². The molecule has 33 heavy (non-hydrogen) atoms. The van der Waals surface area contributed by atoms with Gasteiger partial charge in [-0.3, -0.25) is 9.59 Å². The van der Waals surface area contributed by atoms with Gasteiger partial charge in [0.05, 0.1) is 28.7 Å². The molecule has 1 fully saturated rings. The number of hydrogen-bond acceptors (Lipinski definition) is 5. The van der Waals surface area contributed by atoms with Crippen LogP contribution in [0.4, 0.5) is 11.5 Å². The number of rotatable bonds is 5. The van der Waals surface area contributed by atoms with Crippen LogP contribution in [0.1, 0.15) is 12.0 Å². The number of halogens is 2. The van der Waals surface area contributed by atoms with Crippen molar-refractivity contribution in [3.8, 4) is 11.5 Å². The fourth-order valence-electron chi connectivity index (χ4n) is 3.96. The summed E-state index contributed by atoms with van der Waals surface area (Å²) < 4.78 is 12.8. The standard InChI is InChI=1S/C23H20Cl2N4O4/c24-17-3-1-2-14(22(17)25)13-29-20(6-7-26-29)27-23(31)15-10-21(30)28(12-15)16-4-5-18-19(11-16)33-9-8-32-18/h1-7,11,15H,8-10,12-13H2,(H,27,31). The number of carbonyl (C=O) groups is 2. The second kappa shape index (κ2) is 8.96. The molecule has 0 spiro atoms. The number of amides is 2. The van der Waals surface area contributed by atoms with Crippen molar-refractivity contribution in [2.75, 3.05) is 30.0 Å². The predicted octanol–water partition coefficient (Wildman–Crippen LogP) is 4.00. The van der Waals surface area contributed by atoms with Crippen LogP contribution >= 0.6 is 23.2 Å². The van der Waals surface area contributed by atoms with Crippen molar-refractivity contribution < 1.29 is 19.1 Å². The largest absolute Gasteiger partial charge is 0.486 e. The Morgan fingerprint density at radius 2 is 1.94 bits per heavy atom. The minimum absolute atomic E-state index is 0.119. The molecule has 3 heterocycles. The molecule has 0 aliphatic carbocycles. The maximum Gasteiger partial charge on any atom is 0.230 e. The summed E-state index contributed by atoms with van der Waals surface area (Å²) in [5, 5.41) is 8.07. The molecule has 3 aromatic rings. The van der Waals surface area contributed by atoms with Gasteiger partial charge >= 0.3 is 0 Å². The van der Waals surface area contributed by atoms with Crippen LogP contribution in [0, 0.1) is 5.92 Å². The highest BCUT2D eigenvalue weighted by atomic mass is 35.5. The first kappa shape index (κ1) is 21.6. The average Bonchev–Trinajstić information content (AvgIpc) is 3.42. The molecule has 10 heteroatoms. The van der Waals surface area contributed by atoms with E-state index in [2.05, 4.69) is 10.4 Å². The first-order valence-corrected chi connectivity index (χ1v) is 11.2. The lowest BCUT2D eigenvalue weighted by molar-refractivity contribution is -0.122. The molecule has 2 aliphatic rings. The second-order valence-corrected chi connectivity index (χ2v) is 8.59. The number of carbonyl (C=O) groups excluding carboxylic acids is 2. The van der Waals surface area contributed by atoms with E-state index in [9.17, 15) is 9.59 Å². The Labute approximate surface area is 200 Å². The Morgan fingerprint density at radius 3 is 2.79 bits per heavy atom.